The van der Waals surface area contributed by atoms with Crippen molar-refractivity contribution in [2.24, 2.45) is 0 Å². The first-order valence-electron chi connectivity index (χ1n) is 15.9. The van der Waals surface area contributed by atoms with Crippen molar-refractivity contribution in [1.82, 2.24) is 0 Å². The third kappa shape index (κ3) is 25.2. The molecular weight excluding hydrogens is 537 g/mol. The zero-order valence-corrected chi connectivity index (χ0v) is 27.1. The third-order valence-corrected chi connectivity index (χ3v) is 8.78. The molecule has 0 radical (unpaired) electrons. The van der Waals surface area contributed by atoms with E-state index in [0.717, 1.165) is 6.42 Å². The summed E-state index contributed by atoms with van der Waals surface area (Å²) in [5, 5.41) is 15.3. The molecular formula is C34H56O4S2. The lowest BCUT2D eigenvalue weighted by molar-refractivity contribution is -0.191. The molecule has 0 saturated carbocycles. The summed E-state index contributed by atoms with van der Waals surface area (Å²) in [5.74, 6) is -0.802. The third-order valence-electron chi connectivity index (χ3n) is 7.08. The van der Waals surface area contributed by atoms with Crippen molar-refractivity contribution < 1.29 is 19.5 Å². The monoisotopic (exact) mass is 592 g/mol. The first-order valence-corrected chi connectivity index (χ1v) is 17.7. The van der Waals surface area contributed by atoms with Gasteiger partial charge in [-0.2, -0.15) is 20.9 Å². The van der Waals surface area contributed by atoms with Crippen LogP contribution < -0.4 is 0 Å². The number of carboxylic acid groups (broad SMARTS) is 1. The van der Waals surface area contributed by atoms with Crippen LogP contribution in [-0.4, -0.2) is 17.2 Å². The molecule has 0 saturated heterocycles. The molecule has 0 aromatic carbocycles. The molecule has 0 aliphatic rings. The number of carbonyl (C=O) groups excluding carboxylic acids is 2. The van der Waals surface area contributed by atoms with Crippen molar-refractivity contribution in [3.8, 4) is 0 Å². The molecule has 2 heterocycles. The fourth-order valence-electron chi connectivity index (χ4n) is 4.69. The van der Waals surface area contributed by atoms with E-state index in [-0.39, 0.29) is 6.15 Å². The summed E-state index contributed by atoms with van der Waals surface area (Å²) in [6.45, 7) is 4.54. The molecule has 0 aliphatic heterocycles. The van der Waals surface area contributed by atoms with Gasteiger partial charge in [0.1, 0.15) is 4.88 Å². The van der Waals surface area contributed by atoms with Gasteiger partial charge >= 0.3 is 12.1 Å². The van der Waals surface area contributed by atoms with Crippen molar-refractivity contribution >= 4 is 34.8 Å². The van der Waals surface area contributed by atoms with Gasteiger partial charge in [0.2, 0.25) is 0 Å². The number of thiophene rings is 2. The Hall–Kier alpha value is -1.75. The topological polar surface area (TPSA) is 71.4 Å². The van der Waals surface area contributed by atoms with E-state index < -0.39 is 5.97 Å². The minimum Gasteiger partial charge on any atom is -0.477 e. The van der Waals surface area contributed by atoms with Crippen LogP contribution in [0.5, 0.6) is 0 Å². The van der Waals surface area contributed by atoms with E-state index in [1.165, 1.54) is 157 Å². The molecule has 4 nitrogen and oxygen atoms in total. The molecule has 0 fully saturated rings. The van der Waals surface area contributed by atoms with Gasteiger partial charge in [-0.05, 0) is 65.1 Å². The Bertz CT molecular complexity index is 823. The van der Waals surface area contributed by atoms with Gasteiger partial charge in [0.15, 0.2) is 0 Å². The second kappa shape index (κ2) is 30.2. The minimum atomic E-state index is -0.802. The van der Waals surface area contributed by atoms with E-state index in [9.17, 15) is 4.79 Å². The van der Waals surface area contributed by atoms with Crippen molar-refractivity contribution in [3.05, 3.63) is 44.3 Å². The highest BCUT2D eigenvalue weighted by Crippen LogP contribution is 2.18. The predicted molar refractivity (Wildman–Crippen MR) is 172 cm³/mol. The lowest BCUT2D eigenvalue weighted by Gasteiger charge is -2.02. The van der Waals surface area contributed by atoms with Gasteiger partial charge in [-0.25, -0.2) is 4.79 Å². The quantitative estimate of drug-likeness (QED) is 0.130. The van der Waals surface area contributed by atoms with Crippen LogP contribution >= 0.6 is 22.7 Å². The smallest absolute Gasteiger partial charge is 0.373 e. The maximum atomic E-state index is 10.8. The number of rotatable bonds is 23. The Morgan fingerprint density at radius 3 is 1.40 bits per heavy atom. The van der Waals surface area contributed by atoms with Crippen LogP contribution in [0.15, 0.2) is 28.3 Å². The van der Waals surface area contributed by atoms with Crippen LogP contribution in [0.25, 0.3) is 0 Å². The molecule has 0 aliphatic carbocycles. The second-order valence-electron chi connectivity index (χ2n) is 10.7. The van der Waals surface area contributed by atoms with E-state index >= 15 is 0 Å². The molecule has 2 aromatic heterocycles. The molecule has 0 spiro atoms. The Morgan fingerprint density at radius 1 is 0.650 bits per heavy atom. The van der Waals surface area contributed by atoms with Crippen LogP contribution in [0, 0.1) is 0 Å². The van der Waals surface area contributed by atoms with E-state index in [1.54, 1.807) is 0 Å². The Kier molecular flexibility index (Phi) is 28.9. The number of aromatic carboxylic acids is 1. The van der Waals surface area contributed by atoms with Gasteiger partial charge in [0, 0.05) is 0 Å². The number of carboxylic acids is 1. The molecule has 2 rings (SSSR count). The summed E-state index contributed by atoms with van der Waals surface area (Å²) in [6.07, 6.45) is 30.3. The largest absolute Gasteiger partial charge is 0.477 e. The molecule has 1 N–H and O–H groups in total. The lowest BCUT2D eigenvalue weighted by Crippen LogP contribution is -1.90. The molecule has 6 heteroatoms. The number of aryl methyl sites for hydroxylation is 2. The van der Waals surface area contributed by atoms with Gasteiger partial charge in [0.25, 0.3) is 0 Å². The van der Waals surface area contributed by atoms with Crippen LogP contribution in [-0.2, 0) is 22.4 Å². The normalized spacial score (nSPS) is 10.2. The summed E-state index contributed by atoms with van der Waals surface area (Å²) in [4.78, 5) is 27.5. The maximum absolute atomic E-state index is 10.8. The summed E-state index contributed by atoms with van der Waals surface area (Å²) < 4.78 is 0. The van der Waals surface area contributed by atoms with E-state index in [1.807, 2.05) is 22.8 Å². The lowest BCUT2D eigenvalue weighted by atomic mass is 10.0. The standard InChI is InChI=1S/C17H28O2S.C16H28S.CO2/c1-2-3-4-5-6-7-8-9-10-11-12-15-13-16(17(18)19)20-14-15;1-2-3-4-5-6-7-8-9-10-11-12-16-13-14-17-15-16;2-1-3/h13-14H,2-12H2,1H3,(H,18,19);13-15H,2-12H2,1H3;. The Balaban J connectivity index is 0.000000699. The average Bonchev–Trinajstić information content (AvgIpc) is 3.64. The van der Waals surface area contributed by atoms with Crippen LogP contribution in [0.3, 0.4) is 0 Å². The zero-order valence-electron chi connectivity index (χ0n) is 25.4. The fourth-order valence-corrected chi connectivity index (χ4v) is 6.17. The number of carbonyl (C=O) groups is 1. The summed E-state index contributed by atoms with van der Waals surface area (Å²) in [5.41, 5.74) is 2.72. The number of hydrogen-bond donors (Lipinski definition) is 1. The van der Waals surface area contributed by atoms with Crippen molar-refractivity contribution in [3.63, 3.8) is 0 Å². The highest BCUT2D eigenvalue weighted by atomic mass is 32.1. The van der Waals surface area contributed by atoms with E-state index in [0.29, 0.717) is 4.88 Å². The van der Waals surface area contributed by atoms with Gasteiger partial charge in [-0.1, -0.05) is 129 Å². The Labute approximate surface area is 253 Å². The predicted octanol–water partition coefficient (Wildman–Crippen LogP) is 11.5. The van der Waals surface area contributed by atoms with Crippen LogP contribution in [0.4, 0.5) is 0 Å². The number of hydrogen-bond acceptors (Lipinski definition) is 5. The fraction of sp³-hybridized carbons (Fsp3) is 0.706. The maximum Gasteiger partial charge on any atom is 0.373 e. The van der Waals surface area contributed by atoms with Gasteiger partial charge in [0.05, 0.1) is 0 Å². The highest BCUT2D eigenvalue weighted by molar-refractivity contribution is 7.12. The molecule has 228 valence electrons. The van der Waals surface area contributed by atoms with E-state index in [4.69, 9.17) is 14.7 Å². The molecule has 0 atom stereocenters. The zero-order chi connectivity index (χ0) is 29.5. The summed E-state index contributed by atoms with van der Waals surface area (Å²) >= 11 is 3.16. The van der Waals surface area contributed by atoms with E-state index in [2.05, 4.69) is 30.7 Å². The van der Waals surface area contributed by atoms with Gasteiger partial charge in [-0.15, -0.1) is 11.3 Å². The highest BCUT2D eigenvalue weighted by Gasteiger charge is 2.06. The Morgan fingerprint density at radius 2 is 1.05 bits per heavy atom. The van der Waals surface area contributed by atoms with Crippen molar-refractivity contribution in [2.75, 3.05) is 0 Å². The molecule has 2 aromatic rings. The van der Waals surface area contributed by atoms with Gasteiger partial charge < -0.3 is 5.11 Å². The first-order chi connectivity index (χ1) is 19.6. The molecule has 0 unspecified atom stereocenters. The average molecular weight is 593 g/mol. The summed E-state index contributed by atoms with van der Waals surface area (Å²) in [7, 11) is 0. The summed E-state index contributed by atoms with van der Waals surface area (Å²) in [6, 6.07) is 4.08. The van der Waals surface area contributed by atoms with Crippen LogP contribution in [0.1, 0.15) is 163 Å². The molecule has 40 heavy (non-hydrogen) atoms. The molecule has 0 amide bonds. The molecule has 0 bridgehead atoms. The first kappa shape index (κ1) is 38.2. The van der Waals surface area contributed by atoms with Crippen LogP contribution in [0.2, 0.25) is 0 Å². The van der Waals surface area contributed by atoms with Crippen molar-refractivity contribution in [1.29, 1.82) is 0 Å². The second-order valence-corrected chi connectivity index (χ2v) is 12.4. The SMILES string of the molecule is CCCCCCCCCCCCc1ccsc1.CCCCCCCCCCCCc1csc(C(=O)O)c1.O=C=O. The number of unbranched alkanes of at least 4 members (excludes halogenated alkanes) is 18. The van der Waals surface area contributed by atoms with Crippen molar-refractivity contribution in [2.45, 2.75) is 155 Å². The minimum absolute atomic E-state index is 0.250. The van der Waals surface area contributed by atoms with Gasteiger partial charge in [-0.3, -0.25) is 0 Å².